The molecule has 4 rings (SSSR count). The van der Waals surface area contributed by atoms with Gasteiger partial charge in [0.2, 0.25) is 5.75 Å². The van der Waals surface area contributed by atoms with Crippen molar-refractivity contribution in [1.29, 1.82) is 0 Å². The molecule has 2 saturated carbocycles. The normalized spacial score (nSPS) is 27.7. The highest BCUT2D eigenvalue weighted by atomic mass is 16.5. The van der Waals surface area contributed by atoms with E-state index in [1.165, 1.54) is 25.7 Å². The van der Waals surface area contributed by atoms with E-state index in [0.29, 0.717) is 22.8 Å². The van der Waals surface area contributed by atoms with Crippen molar-refractivity contribution in [3.05, 3.63) is 17.7 Å². The quantitative estimate of drug-likeness (QED) is 0.793. The highest BCUT2D eigenvalue weighted by Crippen LogP contribution is 2.46. The number of ether oxygens (including phenoxy) is 3. The van der Waals surface area contributed by atoms with Gasteiger partial charge in [0.1, 0.15) is 0 Å². The highest BCUT2D eigenvalue weighted by Gasteiger charge is 2.43. The molecule has 0 N–H and O–H groups in total. The summed E-state index contributed by atoms with van der Waals surface area (Å²) in [4.78, 5) is 17.6. The van der Waals surface area contributed by atoms with Gasteiger partial charge in [0.25, 0.3) is 5.91 Å². The van der Waals surface area contributed by atoms with Gasteiger partial charge in [-0.2, -0.15) is 0 Å². The summed E-state index contributed by atoms with van der Waals surface area (Å²) < 4.78 is 16.1. The molecule has 0 spiro atoms. The zero-order valence-electron chi connectivity index (χ0n) is 16.6. The van der Waals surface area contributed by atoms with Crippen LogP contribution in [-0.2, 0) is 0 Å². The number of piperazine rings is 1. The molecule has 6 nitrogen and oxygen atoms in total. The molecule has 1 aliphatic heterocycles. The molecule has 1 saturated heterocycles. The van der Waals surface area contributed by atoms with Crippen LogP contribution in [0.1, 0.15) is 36.0 Å². The van der Waals surface area contributed by atoms with Crippen LogP contribution in [0.3, 0.4) is 0 Å². The molecule has 1 aromatic carbocycles. The summed E-state index contributed by atoms with van der Waals surface area (Å²) in [7, 11) is 4.70. The fraction of sp³-hybridized carbons (Fsp3) is 0.667. The number of hydrogen-bond acceptors (Lipinski definition) is 5. The highest BCUT2D eigenvalue weighted by molar-refractivity contribution is 5.95. The van der Waals surface area contributed by atoms with Gasteiger partial charge in [0.05, 0.1) is 21.3 Å². The second-order valence-corrected chi connectivity index (χ2v) is 7.98. The van der Waals surface area contributed by atoms with Crippen molar-refractivity contribution in [2.45, 2.75) is 31.7 Å². The van der Waals surface area contributed by atoms with E-state index in [2.05, 4.69) is 4.90 Å². The van der Waals surface area contributed by atoms with E-state index in [1.54, 1.807) is 33.5 Å². The standard InChI is InChI=1S/C21H30N2O4/c1-25-18-12-16(13-19(26-2)20(18)27-3)21(24)23-8-6-22(7-9-23)17-11-14-4-5-15(17)10-14/h12-15,17H,4-11H2,1-3H3. The Hall–Kier alpha value is -1.95. The molecule has 3 unspecified atom stereocenters. The Morgan fingerprint density at radius 1 is 0.926 bits per heavy atom. The van der Waals surface area contributed by atoms with E-state index in [0.717, 1.165) is 44.1 Å². The lowest BCUT2D eigenvalue weighted by Gasteiger charge is -2.41. The van der Waals surface area contributed by atoms with Crippen LogP contribution in [0.15, 0.2) is 12.1 Å². The monoisotopic (exact) mass is 374 g/mol. The molecule has 3 aliphatic rings. The number of nitrogens with zero attached hydrogens (tertiary/aromatic N) is 2. The van der Waals surface area contributed by atoms with Crippen LogP contribution in [-0.4, -0.2) is 69.3 Å². The van der Waals surface area contributed by atoms with Gasteiger partial charge in [-0.15, -0.1) is 0 Å². The number of rotatable bonds is 5. The number of carbonyl (C=O) groups excluding carboxylic acids is 1. The minimum absolute atomic E-state index is 0.0295. The Balaban J connectivity index is 1.43. The lowest BCUT2D eigenvalue weighted by molar-refractivity contribution is 0.0495. The second-order valence-electron chi connectivity index (χ2n) is 7.98. The summed E-state index contributed by atoms with van der Waals surface area (Å²) >= 11 is 0. The van der Waals surface area contributed by atoms with Crippen LogP contribution in [0.25, 0.3) is 0 Å². The maximum absolute atomic E-state index is 13.0. The fourth-order valence-corrected chi connectivity index (χ4v) is 5.30. The summed E-state index contributed by atoms with van der Waals surface area (Å²) in [5.41, 5.74) is 0.581. The zero-order chi connectivity index (χ0) is 19.0. The third-order valence-corrected chi connectivity index (χ3v) is 6.68. The van der Waals surface area contributed by atoms with Crippen LogP contribution < -0.4 is 14.2 Å². The number of carbonyl (C=O) groups is 1. The van der Waals surface area contributed by atoms with Gasteiger partial charge in [-0.05, 0) is 43.2 Å². The zero-order valence-corrected chi connectivity index (χ0v) is 16.6. The topological polar surface area (TPSA) is 51.2 Å². The van der Waals surface area contributed by atoms with Gasteiger partial charge in [0.15, 0.2) is 11.5 Å². The smallest absolute Gasteiger partial charge is 0.254 e. The molecular weight excluding hydrogens is 344 g/mol. The van der Waals surface area contributed by atoms with Gasteiger partial charge in [-0.25, -0.2) is 0 Å². The Morgan fingerprint density at radius 3 is 2.07 bits per heavy atom. The summed E-state index contributed by atoms with van der Waals surface area (Å²) in [6, 6.07) is 4.24. The van der Waals surface area contributed by atoms with Crippen LogP contribution in [0.5, 0.6) is 17.2 Å². The molecule has 3 atom stereocenters. The van der Waals surface area contributed by atoms with Crippen LogP contribution in [0.4, 0.5) is 0 Å². The van der Waals surface area contributed by atoms with Gasteiger partial charge >= 0.3 is 0 Å². The lowest BCUT2D eigenvalue weighted by Crippen LogP contribution is -2.53. The average molecular weight is 374 g/mol. The maximum atomic E-state index is 13.0. The molecular formula is C21H30N2O4. The van der Waals surface area contributed by atoms with E-state index in [9.17, 15) is 4.79 Å². The Bertz CT molecular complexity index is 674. The molecule has 0 radical (unpaired) electrons. The third kappa shape index (κ3) is 3.35. The minimum Gasteiger partial charge on any atom is -0.493 e. The molecule has 6 heteroatoms. The van der Waals surface area contributed by atoms with E-state index in [-0.39, 0.29) is 5.91 Å². The van der Waals surface area contributed by atoms with Crippen LogP contribution in [0.2, 0.25) is 0 Å². The SMILES string of the molecule is COc1cc(C(=O)N2CCN(C3CC4CCC3C4)CC2)cc(OC)c1OC. The first-order valence-corrected chi connectivity index (χ1v) is 9.98. The van der Waals surface area contributed by atoms with E-state index >= 15 is 0 Å². The fourth-order valence-electron chi connectivity index (χ4n) is 5.30. The maximum Gasteiger partial charge on any atom is 0.254 e. The van der Waals surface area contributed by atoms with Crippen molar-refractivity contribution in [1.82, 2.24) is 9.80 Å². The molecule has 148 valence electrons. The minimum atomic E-state index is 0.0295. The summed E-state index contributed by atoms with van der Waals surface area (Å²) in [6.07, 6.45) is 5.63. The van der Waals surface area contributed by atoms with Crippen LogP contribution in [0, 0.1) is 11.8 Å². The number of benzene rings is 1. The van der Waals surface area contributed by atoms with Crippen molar-refractivity contribution >= 4 is 5.91 Å². The largest absolute Gasteiger partial charge is 0.493 e. The first-order chi connectivity index (χ1) is 13.1. The molecule has 2 bridgehead atoms. The Morgan fingerprint density at radius 2 is 1.59 bits per heavy atom. The van der Waals surface area contributed by atoms with E-state index in [4.69, 9.17) is 14.2 Å². The molecule has 3 fully saturated rings. The molecule has 1 aromatic rings. The lowest BCUT2D eigenvalue weighted by atomic mass is 9.93. The number of fused-ring (bicyclic) bond motifs is 2. The van der Waals surface area contributed by atoms with E-state index < -0.39 is 0 Å². The number of methoxy groups -OCH3 is 3. The van der Waals surface area contributed by atoms with Crippen LogP contribution >= 0.6 is 0 Å². The van der Waals surface area contributed by atoms with E-state index in [1.807, 2.05) is 4.90 Å². The van der Waals surface area contributed by atoms with Crippen molar-refractivity contribution in [2.75, 3.05) is 47.5 Å². The molecule has 2 aliphatic carbocycles. The van der Waals surface area contributed by atoms with Gasteiger partial charge in [0, 0.05) is 37.8 Å². The molecule has 1 amide bonds. The van der Waals surface area contributed by atoms with Crippen molar-refractivity contribution in [3.63, 3.8) is 0 Å². The summed E-state index contributed by atoms with van der Waals surface area (Å²) in [6.45, 7) is 3.51. The Kier molecular flexibility index (Phi) is 5.17. The van der Waals surface area contributed by atoms with Crippen molar-refractivity contribution < 1.29 is 19.0 Å². The first kappa shape index (κ1) is 18.4. The van der Waals surface area contributed by atoms with Crippen molar-refractivity contribution in [3.8, 4) is 17.2 Å². The average Bonchev–Trinajstić information content (AvgIpc) is 3.35. The molecule has 1 heterocycles. The Labute approximate surface area is 161 Å². The van der Waals surface area contributed by atoms with Gasteiger partial charge in [-0.1, -0.05) is 6.42 Å². The van der Waals surface area contributed by atoms with Crippen molar-refractivity contribution in [2.24, 2.45) is 11.8 Å². The predicted octanol–water partition coefficient (Wildman–Crippen LogP) is 2.66. The summed E-state index contributed by atoms with van der Waals surface area (Å²) in [5, 5.41) is 0. The van der Waals surface area contributed by atoms with Gasteiger partial charge in [-0.3, -0.25) is 9.69 Å². The molecule has 0 aromatic heterocycles. The number of hydrogen-bond donors (Lipinski definition) is 0. The number of amides is 1. The predicted molar refractivity (Wildman–Crippen MR) is 103 cm³/mol. The molecule has 27 heavy (non-hydrogen) atoms. The summed E-state index contributed by atoms with van der Waals surface area (Å²) in [5.74, 6) is 3.42. The second kappa shape index (κ2) is 7.58. The van der Waals surface area contributed by atoms with Gasteiger partial charge < -0.3 is 19.1 Å². The first-order valence-electron chi connectivity index (χ1n) is 9.98. The third-order valence-electron chi connectivity index (χ3n) is 6.68.